The summed E-state index contributed by atoms with van der Waals surface area (Å²) < 4.78 is 37.1. The summed E-state index contributed by atoms with van der Waals surface area (Å²) in [6, 6.07) is 9.06. The molecule has 0 radical (unpaired) electrons. The zero-order chi connectivity index (χ0) is 16.7. The normalized spacial score (nSPS) is 16.8. The predicted molar refractivity (Wildman–Crippen MR) is 82.0 cm³/mol. The zero-order valence-corrected chi connectivity index (χ0v) is 13.4. The minimum atomic E-state index is -4.05. The van der Waals surface area contributed by atoms with Crippen LogP contribution in [0.3, 0.4) is 0 Å². The molecule has 1 saturated heterocycles. The van der Waals surface area contributed by atoms with E-state index in [4.69, 9.17) is 14.6 Å². The number of hydrogen-bond donors (Lipinski definition) is 1. The van der Waals surface area contributed by atoms with E-state index in [9.17, 15) is 13.2 Å². The zero-order valence-electron chi connectivity index (χ0n) is 12.6. The Bertz CT molecular complexity index is 601. The van der Waals surface area contributed by atoms with E-state index < -0.39 is 22.3 Å². The van der Waals surface area contributed by atoms with Crippen molar-refractivity contribution in [1.29, 1.82) is 0 Å². The molecule has 1 aliphatic heterocycles. The van der Waals surface area contributed by atoms with Gasteiger partial charge in [-0.3, -0.25) is 4.18 Å². The molecule has 0 saturated carbocycles. The highest BCUT2D eigenvalue weighted by molar-refractivity contribution is 7.84. The highest BCUT2D eigenvalue weighted by atomic mass is 32.2. The molecule has 1 atom stereocenters. The van der Waals surface area contributed by atoms with Gasteiger partial charge in [0.25, 0.3) is 0 Å². The van der Waals surface area contributed by atoms with Crippen molar-refractivity contribution in [2.45, 2.75) is 5.92 Å². The summed E-state index contributed by atoms with van der Waals surface area (Å²) in [4.78, 5) is 13.5. The Hall–Kier alpha value is -1.68. The minimum Gasteiger partial charge on any atom is -0.449 e. The third-order valence-electron chi connectivity index (χ3n) is 3.38. The van der Waals surface area contributed by atoms with Gasteiger partial charge in [0, 0.05) is 19.0 Å². The minimum absolute atomic E-state index is 0.00424. The van der Waals surface area contributed by atoms with E-state index in [-0.39, 0.29) is 13.2 Å². The van der Waals surface area contributed by atoms with E-state index in [0.717, 1.165) is 5.56 Å². The number of morpholine rings is 1. The first-order valence-corrected chi connectivity index (χ1v) is 8.64. The standard InChI is InChI=1S/C14H20N2O6S/c15-23(18,19)22-11-13(12-4-2-1-3-5-12)10-21-14(17)16-6-8-20-9-7-16/h1-5,13H,6-11H2,(H2,15,18,19)/t13-/m0/s1. The SMILES string of the molecule is NS(=O)(=O)OC[C@H](COC(=O)N1CCOCC1)c1ccccc1. The monoisotopic (exact) mass is 344 g/mol. The van der Waals surface area contributed by atoms with Gasteiger partial charge in [-0.2, -0.15) is 8.42 Å². The van der Waals surface area contributed by atoms with E-state index in [1.54, 1.807) is 17.0 Å². The Labute approximate surface area is 135 Å². The van der Waals surface area contributed by atoms with Crippen LogP contribution < -0.4 is 5.14 Å². The highest BCUT2D eigenvalue weighted by Crippen LogP contribution is 2.17. The van der Waals surface area contributed by atoms with Gasteiger partial charge in [0.2, 0.25) is 0 Å². The molecule has 2 N–H and O–H groups in total. The van der Waals surface area contributed by atoms with Gasteiger partial charge in [0.1, 0.15) is 6.61 Å². The molecule has 9 heteroatoms. The number of carbonyl (C=O) groups excluding carboxylic acids is 1. The maximum atomic E-state index is 12.0. The summed E-state index contributed by atoms with van der Waals surface area (Å²) in [7, 11) is -4.05. The molecule has 0 unspecified atom stereocenters. The molecule has 8 nitrogen and oxygen atoms in total. The fraction of sp³-hybridized carbons (Fsp3) is 0.500. The van der Waals surface area contributed by atoms with Gasteiger partial charge < -0.3 is 14.4 Å². The van der Waals surface area contributed by atoms with Gasteiger partial charge in [-0.1, -0.05) is 30.3 Å². The Kier molecular flexibility index (Phi) is 6.34. The second-order valence-corrected chi connectivity index (χ2v) is 6.28. The second-order valence-electron chi connectivity index (χ2n) is 5.06. The summed E-state index contributed by atoms with van der Waals surface area (Å²) in [5.74, 6) is -0.431. The van der Waals surface area contributed by atoms with Crippen molar-refractivity contribution in [2.24, 2.45) is 5.14 Å². The van der Waals surface area contributed by atoms with Crippen LogP contribution in [-0.2, 0) is 24.0 Å². The number of carbonyl (C=O) groups is 1. The maximum Gasteiger partial charge on any atom is 0.409 e. The van der Waals surface area contributed by atoms with Gasteiger partial charge in [0.15, 0.2) is 0 Å². The Morgan fingerprint density at radius 2 is 1.87 bits per heavy atom. The van der Waals surface area contributed by atoms with Crippen LogP contribution in [-0.4, -0.2) is 58.9 Å². The van der Waals surface area contributed by atoms with E-state index in [2.05, 4.69) is 4.18 Å². The van der Waals surface area contributed by atoms with Crippen molar-refractivity contribution in [1.82, 2.24) is 4.90 Å². The van der Waals surface area contributed by atoms with Gasteiger partial charge >= 0.3 is 16.4 Å². The lowest BCUT2D eigenvalue weighted by Gasteiger charge is -2.27. The van der Waals surface area contributed by atoms with Crippen molar-refractivity contribution in [3.63, 3.8) is 0 Å². The van der Waals surface area contributed by atoms with Crippen molar-refractivity contribution in [2.75, 3.05) is 39.5 Å². The van der Waals surface area contributed by atoms with E-state index in [0.29, 0.717) is 26.3 Å². The largest absolute Gasteiger partial charge is 0.449 e. The number of benzene rings is 1. The number of ether oxygens (including phenoxy) is 2. The fourth-order valence-corrected chi connectivity index (χ4v) is 2.51. The first-order valence-electron chi connectivity index (χ1n) is 7.17. The number of nitrogens with two attached hydrogens (primary N) is 1. The van der Waals surface area contributed by atoms with Crippen LogP contribution in [0.1, 0.15) is 11.5 Å². The van der Waals surface area contributed by atoms with Crippen LogP contribution in [0.4, 0.5) is 4.79 Å². The molecule has 0 bridgehead atoms. The molecule has 0 aliphatic carbocycles. The maximum absolute atomic E-state index is 12.0. The van der Waals surface area contributed by atoms with Crippen LogP contribution in [0.25, 0.3) is 0 Å². The molecule has 0 aromatic heterocycles. The highest BCUT2D eigenvalue weighted by Gasteiger charge is 2.21. The lowest BCUT2D eigenvalue weighted by molar-refractivity contribution is 0.0243. The van der Waals surface area contributed by atoms with Crippen LogP contribution in [0.5, 0.6) is 0 Å². The van der Waals surface area contributed by atoms with Crippen LogP contribution >= 0.6 is 0 Å². The summed E-state index contributed by atoms with van der Waals surface area (Å²) in [6.45, 7) is 1.71. The molecule has 1 aromatic carbocycles. The molecule has 2 rings (SSSR count). The molecule has 1 amide bonds. The molecule has 1 aromatic rings. The molecule has 23 heavy (non-hydrogen) atoms. The molecular weight excluding hydrogens is 324 g/mol. The van der Waals surface area contributed by atoms with Gasteiger partial charge in [-0.15, -0.1) is 0 Å². The van der Waals surface area contributed by atoms with Crippen molar-refractivity contribution < 1.29 is 26.9 Å². The lowest BCUT2D eigenvalue weighted by atomic mass is 10.0. The number of hydrogen-bond acceptors (Lipinski definition) is 6. The Balaban J connectivity index is 1.95. The summed E-state index contributed by atoms with van der Waals surface area (Å²) in [5, 5.41) is 4.85. The summed E-state index contributed by atoms with van der Waals surface area (Å²) in [6.07, 6.45) is -0.454. The first-order chi connectivity index (χ1) is 11.0. The molecule has 1 aliphatic rings. The van der Waals surface area contributed by atoms with Crippen molar-refractivity contribution >= 4 is 16.4 Å². The van der Waals surface area contributed by atoms with Crippen molar-refractivity contribution in [3.8, 4) is 0 Å². The van der Waals surface area contributed by atoms with E-state index in [1.165, 1.54) is 0 Å². The van der Waals surface area contributed by atoms with Gasteiger partial charge in [-0.25, -0.2) is 9.93 Å². The molecule has 0 spiro atoms. The molecule has 1 fully saturated rings. The van der Waals surface area contributed by atoms with Crippen LogP contribution in [0.15, 0.2) is 30.3 Å². The van der Waals surface area contributed by atoms with Crippen molar-refractivity contribution in [3.05, 3.63) is 35.9 Å². The molecule has 1 heterocycles. The smallest absolute Gasteiger partial charge is 0.409 e. The average Bonchev–Trinajstić information content (AvgIpc) is 2.55. The summed E-state index contributed by atoms with van der Waals surface area (Å²) in [5.41, 5.74) is 0.797. The second kappa shape index (κ2) is 8.25. The van der Waals surface area contributed by atoms with Crippen LogP contribution in [0.2, 0.25) is 0 Å². The average molecular weight is 344 g/mol. The third-order valence-corrected chi connectivity index (χ3v) is 3.85. The van der Waals surface area contributed by atoms with Gasteiger partial charge in [0.05, 0.1) is 19.8 Å². The fourth-order valence-electron chi connectivity index (χ4n) is 2.15. The van der Waals surface area contributed by atoms with E-state index in [1.807, 2.05) is 18.2 Å². The Morgan fingerprint density at radius 1 is 1.22 bits per heavy atom. The predicted octanol–water partition coefficient (Wildman–Crippen LogP) is 0.459. The number of nitrogens with zero attached hydrogens (tertiary/aromatic N) is 1. The molecule has 128 valence electrons. The molecular formula is C14H20N2O6S. The lowest BCUT2D eigenvalue weighted by Crippen LogP contribution is -2.41. The van der Waals surface area contributed by atoms with Gasteiger partial charge in [-0.05, 0) is 5.56 Å². The summed E-state index contributed by atoms with van der Waals surface area (Å²) >= 11 is 0. The Morgan fingerprint density at radius 3 is 2.48 bits per heavy atom. The number of rotatable bonds is 6. The first kappa shape index (κ1) is 17.7. The van der Waals surface area contributed by atoms with Crippen LogP contribution in [0, 0.1) is 0 Å². The number of amides is 1. The van der Waals surface area contributed by atoms with E-state index >= 15 is 0 Å². The topological polar surface area (TPSA) is 108 Å². The quantitative estimate of drug-likeness (QED) is 0.803. The third kappa shape index (κ3) is 6.14.